The Kier molecular flexibility index (Phi) is 4.26. The molecule has 2 heteroatoms. The molecule has 2 heterocycles. The van der Waals surface area contributed by atoms with Crippen LogP contribution in [0.25, 0.3) is 0 Å². The summed E-state index contributed by atoms with van der Waals surface area (Å²) >= 11 is 0. The standard InChI is InChI=1S/C14H24N2/c1-3-4-5-6-9-16-13-7-8-14(16)11-12(10-13)15-2/h1,12-15H,4-11H2,2H3. The van der Waals surface area contributed by atoms with Crippen LogP contribution in [0.4, 0.5) is 0 Å². The highest BCUT2D eigenvalue weighted by Crippen LogP contribution is 2.35. The normalized spacial score (nSPS) is 33.9. The van der Waals surface area contributed by atoms with Crippen molar-refractivity contribution >= 4 is 0 Å². The zero-order valence-corrected chi connectivity index (χ0v) is 10.4. The molecule has 0 aromatic carbocycles. The molecule has 2 saturated heterocycles. The Morgan fingerprint density at radius 3 is 2.50 bits per heavy atom. The van der Waals surface area contributed by atoms with Gasteiger partial charge in [-0.05, 0) is 52.1 Å². The minimum Gasteiger partial charge on any atom is -0.317 e. The van der Waals surface area contributed by atoms with Gasteiger partial charge in [-0.25, -0.2) is 0 Å². The van der Waals surface area contributed by atoms with Crippen LogP contribution in [0, 0.1) is 12.3 Å². The van der Waals surface area contributed by atoms with Crippen molar-refractivity contribution in [3.8, 4) is 12.3 Å². The summed E-state index contributed by atoms with van der Waals surface area (Å²) in [6.45, 7) is 1.27. The fraction of sp³-hybridized carbons (Fsp3) is 0.857. The van der Waals surface area contributed by atoms with E-state index in [1.165, 1.54) is 45.1 Å². The number of nitrogens with one attached hydrogen (secondary N) is 1. The highest BCUT2D eigenvalue weighted by atomic mass is 15.2. The minimum absolute atomic E-state index is 0.763. The predicted octanol–water partition coefficient (Wildman–Crippen LogP) is 2.00. The fourth-order valence-electron chi connectivity index (χ4n) is 3.40. The smallest absolute Gasteiger partial charge is 0.0114 e. The third-order valence-electron chi connectivity index (χ3n) is 4.28. The molecule has 1 N–H and O–H groups in total. The first-order valence-corrected chi connectivity index (χ1v) is 6.71. The van der Waals surface area contributed by atoms with Gasteiger partial charge in [0.2, 0.25) is 0 Å². The average molecular weight is 220 g/mol. The van der Waals surface area contributed by atoms with Crippen molar-refractivity contribution in [3.63, 3.8) is 0 Å². The van der Waals surface area contributed by atoms with Gasteiger partial charge in [-0.2, -0.15) is 0 Å². The molecule has 2 atom stereocenters. The summed E-state index contributed by atoms with van der Waals surface area (Å²) in [5, 5.41) is 3.45. The van der Waals surface area contributed by atoms with Crippen molar-refractivity contribution < 1.29 is 0 Å². The maximum absolute atomic E-state index is 5.28. The second-order valence-electron chi connectivity index (χ2n) is 5.24. The van der Waals surface area contributed by atoms with Gasteiger partial charge in [0.15, 0.2) is 0 Å². The molecule has 0 aliphatic carbocycles. The molecule has 0 aromatic heterocycles. The lowest BCUT2D eigenvalue weighted by Gasteiger charge is -2.38. The van der Waals surface area contributed by atoms with Gasteiger partial charge in [0, 0.05) is 24.5 Å². The first kappa shape index (κ1) is 12.0. The molecule has 0 radical (unpaired) electrons. The monoisotopic (exact) mass is 220 g/mol. The SMILES string of the molecule is C#CCCCCN1C2CCC1CC(NC)C2. The number of terminal acetylenes is 1. The summed E-state index contributed by atoms with van der Waals surface area (Å²) < 4.78 is 0. The lowest BCUT2D eigenvalue weighted by atomic mass is 9.97. The molecular weight excluding hydrogens is 196 g/mol. The van der Waals surface area contributed by atoms with Crippen molar-refractivity contribution in [2.24, 2.45) is 0 Å². The first-order valence-electron chi connectivity index (χ1n) is 6.71. The van der Waals surface area contributed by atoms with Gasteiger partial charge in [0.25, 0.3) is 0 Å². The number of rotatable bonds is 5. The molecular formula is C14H24N2. The molecule has 2 rings (SSSR count). The Morgan fingerprint density at radius 1 is 1.25 bits per heavy atom. The Balaban J connectivity index is 1.77. The molecule has 2 aliphatic rings. The van der Waals surface area contributed by atoms with E-state index in [0.717, 1.165) is 24.5 Å². The molecule has 2 nitrogen and oxygen atoms in total. The molecule has 2 unspecified atom stereocenters. The average Bonchev–Trinajstić information content (AvgIpc) is 2.55. The van der Waals surface area contributed by atoms with Crippen LogP contribution in [0.2, 0.25) is 0 Å². The Hall–Kier alpha value is -0.520. The van der Waals surface area contributed by atoms with Crippen LogP contribution in [-0.4, -0.2) is 36.6 Å². The van der Waals surface area contributed by atoms with Crippen LogP contribution in [0.1, 0.15) is 44.9 Å². The fourth-order valence-corrected chi connectivity index (χ4v) is 3.40. The lowest BCUT2D eigenvalue weighted by molar-refractivity contribution is 0.117. The maximum Gasteiger partial charge on any atom is 0.0114 e. The van der Waals surface area contributed by atoms with Crippen molar-refractivity contribution in [3.05, 3.63) is 0 Å². The Bertz CT molecular complexity index is 242. The van der Waals surface area contributed by atoms with E-state index in [1.807, 2.05) is 0 Å². The lowest BCUT2D eigenvalue weighted by Crippen LogP contribution is -2.48. The highest BCUT2D eigenvalue weighted by molar-refractivity contribution is 4.97. The summed E-state index contributed by atoms with van der Waals surface area (Å²) in [5.41, 5.74) is 0. The Morgan fingerprint density at radius 2 is 1.94 bits per heavy atom. The summed E-state index contributed by atoms with van der Waals surface area (Å²) in [6.07, 6.45) is 14.2. The van der Waals surface area contributed by atoms with E-state index in [1.54, 1.807) is 0 Å². The number of fused-ring (bicyclic) bond motifs is 2. The number of hydrogen-bond donors (Lipinski definition) is 1. The number of unbranched alkanes of at least 4 members (excludes halogenated alkanes) is 2. The highest BCUT2D eigenvalue weighted by Gasteiger charge is 2.39. The summed E-state index contributed by atoms with van der Waals surface area (Å²) in [5.74, 6) is 2.73. The molecule has 16 heavy (non-hydrogen) atoms. The quantitative estimate of drug-likeness (QED) is 0.563. The second kappa shape index (κ2) is 5.70. The zero-order chi connectivity index (χ0) is 11.4. The van der Waals surface area contributed by atoms with Gasteiger partial charge in [0.1, 0.15) is 0 Å². The molecule has 90 valence electrons. The third-order valence-corrected chi connectivity index (χ3v) is 4.28. The molecule has 0 saturated carbocycles. The van der Waals surface area contributed by atoms with E-state index in [0.29, 0.717) is 0 Å². The zero-order valence-electron chi connectivity index (χ0n) is 10.4. The van der Waals surface area contributed by atoms with Crippen LogP contribution < -0.4 is 5.32 Å². The number of nitrogens with zero attached hydrogens (tertiary/aromatic N) is 1. The molecule has 2 bridgehead atoms. The predicted molar refractivity (Wildman–Crippen MR) is 68.3 cm³/mol. The van der Waals surface area contributed by atoms with E-state index in [-0.39, 0.29) is 0 Å². The molecule has 2 aliphatic heterocycles. The van der Waals surface area contributed by atoms with Crippen molar-refractivity contribution in [1.82, 2.24) is 10.2 Å². The summed E-state index contributed by atoms with van der Waals surface area (Å²) in [6, 6.07) is 2.46. The van der Waals surface area contributed by atoms with Gasteiger partial charge in [-0.3, -0.25) is 4.90 Å². The van der Waals surface area contributed by atoms with Crippen LogP contribution >= 0.6 is 0 Å². The van der Waals surface area contributed by atoms with Crippen LogP contribution in [0.15, 0.2) is 0 Å². The topological polar surface area (TPSA) is 15.3 Å². The molecule has 0 spiro atoms. The minimum atomic E-state index is 0.763. The molecule has 2 fully saturated rings. The van der Waals surface area contributed by atoms with Crippen molar-refractivity contribution in [2.45, 2.75) is 63.1 Å². The van der Waals surface area contributed by atoms with E-state index in [9.17, 15) is 0 Å². The van der Waals surface area contributed by atoms with E-state index in [4.69, 9.17) is 6.42 Å². The van der Waals surface area contributed by atoms with E-state index in [2.05, 4.69) is 23.2 Å². The van der Waals surface area contributed by atoms with Crippen molar-refractivity contribution in [1.29, 1.82) is 0 Å². The van der Waals surface area contributed by atoms with Gasteiger partial charge < -0.3 is 5.32 Å². The van der Waals surface area contributed by atoms with E-state index >= 15 is 0 Å². The van der Waals surface area contributed by atoms with E-state index < -0.39 is 0 Å². The van der Waals surface area contributed by atoms with Crippen molar-refractivity contribution in [2.75, 3.05) is 13.6 Å². The van der Waals surface area contributed by atoms with Gasteiger partial charge in [-0.15, -0.1) is 12.3 Å². The van der Waals surface area contributed by atoms with Gasteiger partial charge in [0.05, 0.1) is 0 Å². The van der Waals surface area contributed by atoms with Crippen LogP contribution in [-0.2, 0) is 0 Å². The Labute approximate surface area is 99.8 Å². The number of hydrogen-bond acceptors (Lipinski definition) is 2. The summed E-state index contributed by atoms with van der Waals surface area (Å²) in [4.78, 5) is 2.75. The van der Waals surface area contributed by atoms with Gasteiger partial charge >= 0.3 is 0 Å². The van der Waals surface area contributed by atoms with Crippen LogP contribution in [0.5, 0.6) is 0 Å². The number of piperidine rings is 1. The largest absolute Gasteiger partial charge is 0.317 e. The third kappa shape index (κ3) is 2.59. The second-order valence-corrected chi connectivity index (χ2v) is 5.24. The molecule has 0 amide bonds. The molecule has 0 aromatic rings. The first-order chi connectivity index (χ1) is 7.85. The maximum atomic E-state index is 5.28. The summed E-state index contributed by atoms with van der Waals surface area (Å²) in [7, 11) is 2.10. The van der Waals surface area contributed by atoms with Crippen LogP contribution in [0.3, 0.4) is 0 Å². The van der Waals surface area contributed by atoms with Gasteiger partial charge in [-0.1, -0.05) is 0 Å².